The van der Waals surface area contributed by atoms with Crippen LogP contribution in [0.1, 0.15) is 11.4 Å². The van der Waals surface area contributed by atoms with Crippen LogP contribution in [0.15, 0.2) is 24.3 Å². The molecule has 2 aromatic rings. The van der Waals surface area contributed by atoms with Gasteiger partial charge in [-0.1, -0.05) is 23.7 Å². The summed E-state index contributed by atoms with van der Waals surface area (Å²) < 4.78 is 0. The molecule has 14 heavy (non-hydrogen) atoms. The molecule has 1 heterocycles. The summed E-state index contributed by atoms with van der Waals surface area (Å²) in [7, 11) is 0. The summed E-state index contributed by atoms with van der Waals surface area (Å²) in [6, 6.07) is 7.81. The second-order valence-electron chi connectivity index (χ2n) is 3.32. The zero-order valence-electron chi connectivity index (χ0n) is 8.13. The van der Waals surface area contributed by atoms with Gasteiger partial charge in [0, 0.05) is 16.3 Å². The summed E-state index contributed by atoms with van der Waals surface area (Å²) in [6.45, 7) is 4.00. The van der Waals surface area contributed by atoms with Gasteiger partial charge in [0.15, 0.2) is 0 Å². The minimum absolute atomic E-state index is 0.752. The average Bonchev–Trinajstić information content (AvgIpc) is 2.46. The topological polar surface area (TPSA) is 28.7 Å². The van der Waals surface area contributed by atoms with Crippen molar-refractivity contribution in [3.05, 3.63) is 40.7 Å². The van der Waals surface area contributed by atoms with Gasteiger partial charge in [0.2, 0.25) is 0 Å². The van der Waals surface area contributed by atoms with Crippen LogP contribution < -0.4 is 0 Å². The van der Waals surface area contributed by atoms with Gasteiger partial charge < -0.3 is 0 Å². The number of halogens is 1. The smallest absolute Gasteiger partial charge is 0.0672 e. The minimum Gasteiger partial charge on any atom is -0.282 e. The van der Waals surface area contributed by atoms with Crippen molar-refractivity contribution in [2.75, 3.05) is 0 Å². The van der Waals surface area contributed by atoms with Gasteiger partial charge in [0.25, 0.3) is 0 Å². The van der Waals surface area contributed by atoms with E-state index in [2.05, 4.69) is 10.2 Å². The lowest BCUT2D eigenvalue weighted by Crippen LogP contribution is -1.81. The Balaban J connectivity index is 2.59. The van der Waals surface area contributed by atoms with Crippen LogP contribution >= 0.6 is 11.6 Å². The molecule has 0 radical (unpaired) electrons. The molecule has 0 spiro atoms. The van der Waals surface area contributed by atoms with Gasteiger partial charge in [-0.05, 0) is 31.5 Å². The highest BCUT2D eigenvalue weighted by molar-refractivity contribution is 6.30. The molecule has 3 heteroatoms. The molecule has 0 aliphatic heterocycles. The average molecular weight is 207 g/mol. The molecule has 0 fully saturated rings. The lowest BCUT2D eigenvalue weighted by atomic mass is 10.0. The van der Waals surface area contributed by atoms with Gasteiger partial charge in [0.1, 0.15) is 0 Å². The van der Waals surface area contributed by atoms with E-state index in [4.69, 9.17) is 11.6 Å². The van der Waals surface area contributed by atoms with Gasteiger partial charge >= 0.3 is 0 Å². The van der Waals surface area contributed by atoms with Crippen molar-refractivity contribution < 1.29 is 0 Å². The van der Waals surface area contributed by atoms with Crippen molar-refractivity contribution in [2.45, 2.75) is 13.8 Å². The highest BCUT2D eigenvalue weighted by Gasteiger charge is 2.08. The highest BCUT2D eigenvalue weighted by Crippen LogP contribution is 2.26. The third kappa shape index (κ3) is 1.53. The van der Waals surface area contributed by atoms with Crippen molar-refractivity contribution in [1.29, 1.82) is 0 Å². The van der Waals surface area contributed by atoms with Gasteiger partial charge in [-0.15, -0.1) is 0 Å². The fourth-order valence-electron chi connectivity index (χ4n) is 1.62. The molecular formula is C11H11ClN2. The van der Waals surface area contributed by atoms with Crippen LogP contribution in [0.4, 0.5) is 0 Å². The maximum absolute atomic E-state index is 5.94. The van der Waals surface area contributed by atoms with Crippen LogP contribution in [0.5, 0.6) is 0 Å². The number of hydrogen-bond acceptors (Lipinski definition) is 1. The summed E-state index contributed by atoms with van der Waals surface area (Å²) in [5.41, 5.74) is 4.34. The Hall–Kier alpha value is -1.28. The van der Waals surface area contributed by atoms with Crippen LogP contribution in [-0.4, -0.2) is 10.2 Å². The number of nitrogens with one attached hydrogen (secondary N) is 1. The molecule has 2 nitrogen and oxygen atoms in total. The van der Waals surface area contributed by atoms with Crippen LogP contribution in [0.25, 0.3) is 11.1 Å². The molecule has 0 saturated carbocycles. The molecule has 2 rings (SSSR count). The second-order valence-corrected chi connectivity index (χ2v) is 3.76. The van der Waals surface area contributed by atoms with E-state index >= 15 is 0 Å². The molecule has 0 bridgehead atoms. The lowest BCUT2D eigenvalue weighted by Gasteiger charge is -2.01. The SMILES string of the molecule is Cc1n[nH]c(C)c1-c1cccc(Cl)c1. The molecule has 1 aromatic carbocycles. The van der Waals surface area contributed by atoms with E-state index in [1.165, 1.54) is 0 Å². The second kappa shape index (κ2) is 3.46. The first kappa shape index (κ1) is 9.28. The Bertz CT molecular complexity index is 441. The van der Waals surface area contributed by atoms with Crippen molar-refractivity contribution >= 4 is 11.6 Å². The first-order valence-electron chi connectivity index (χ1n) is 4.46. The van der Waals surface area contributed by atoms with Crippen LogP contribution in [0, 0.1) is 13.8 Å². The summed E-state index contributed by atoms with van der Waals surface area (Å²) in [6.07, 6.45) is 0. The van der Waals surface area contributed by atoms with Crippen molar-refractivity contribution in [3.8, 4) is 11.1 Å². The van der Waals surface area contributed by atoms with E-state index in [1.54, 1.807) is 0 Å². The fraction of sp³-hybridized carbons (Fsp3) is 0.182. The molecule has 0 amide bonds. The van der Waals surface area contributed by atoms with E-state index in [0.717, 1.165) is 27.5 Å². The molecule has 1 N–H and O–H groups in total. The van der Waals surface area contributed by atoms with E-state index in [9.17, 15) is 0 Å². The van der Waals surface area contributed by atoms with E-state index in [0.29, 0.717) is 0 Å². The van der Waals surface area contributed by atoms with E-state index in [1.807, 2.05) is 38.1 Å². The van der Waals surface area contributed by atoms with Gasteiger partial charge in [-0.25, -0.2) is 0 Å². The molecule has 0 saturated heterocycles. The predicted octanol–water partition coefficient (Wildman–Crippen LogP) is 3.35. The Morgan fingerprint density at radius 1 is 1.29 bits per heavy atom. The minimum atomic E-state index is 0.752. The number of rotatable bonds is 1. The zero-order chi connectivity index (χ0) is 10.1. The van der Waals surface area contributed by atoms with Crippen molar-refractivity contribution in [2.24, 2.45) is 0 Å². The summed E-state index contributed by atoms with van der Waals surface area (Å²) in [4.78, 5) is 0. The Morgan fingerprint density at radius 2 is 2.07 bits per heavy atom. The predicted molar refractivity (Wildman–Crippen MR) is 58.5 cm³/mol. The maximum Gasteiger partial charge on any atom is 0.0672 e. The molecule has 0 aliphatic carbocycles. The molecule has 0 aliphatic rings. The normalized spacial score (nSPS) is 10.5. The van der Waals surface area contributed by atoms with Crippen LogP contribution in [0.2, 0.25) is 5.02 Å². The summed E-state index contributed by atoms with van der Waals surface area (Å²) in [5.74, 6) is 0. The summed E-state index contributed by atoms with van der Waals surface area (Å²) >= 11 is 5.94. The number of nitrogens with zero attached hydrogens (tertiary/aromatic N) is 1. The Labute approximate surface area is 87.9 Å². The Morgan fingerprint density at radius 3 is 2.64 bits per heavy atom. The highest BCUT2D eigenvalue weighted by atomic mass is 35.5. The lowest BCUT2D eigenvalue weighted by molar-refractivity contribution is 1.02. The largest absolute Gasteiger partial charge is 0.282 e. The number of hydrogen-bond donors (Lipinski definition) is 1. The van der Waals surface area contributed by atoms with E-state index in [-0.39, 0.29) is 0 Å². The van der Waals surface area contributed by atoms with Crippen molar-refractivity contribution in [1.82, 2.24) is 10.2 Å². The number of aromatic amines is 1. The summed E-state index contributed by atoms with van der Waals surface area (Å²) in [5, 5.41) is 7.87. The molecular weight excluding hydrogens is 196 g/mol. The number of aryl methyl sites for hydroxylation is 2. The van der Waals surface area contributed by atoms with Gasteiger partial charge in [-0.2, -0.15) is 5.10 Å². The first-order chi connectivity index (χ1) is 6.68. The van der Waals surface area contributed by atoms with Gasteiger partial charge in [0.05, 0.1) is 5.69 Å². The molecule has 0 unspecified atom stereocenters. The van der Waals surface area contributed by atoms with Crippen molar-refractivity contribution in [3.63, 3.8) is 0 Å². The van der Waals surface area contributed by atoms with Gasteiger partial charge in [-0.3, -0.25) is 5.10 Å². The monoisotopic (exact) mass is 206 g/mol. The zero-order valence-corrected chi connectivity index (χ0v) is 8.89. The molecule has 72 valence electrons. The third-order valence-corrected chi connectivity index (χ3v) is 2.48. The van der Waals surface area contributed by atoms with E-state index < -0.39 is 0 Å². The quantitative estimate of drug-likeness (QED) is 0.762. The number of aromatic nitrogens is 2. The number of benzene rings is 1. The van der Waals surface area contributed by atoms with Crippen LogP contribution in [-0.2, 0) is 0 Å². The fourth-order valence-corrected chi connectivity index (χ4v) is 1.81. The number of H-pyrrole nitrogens is 1. The molecule has 0 atom stereocenters. The molecule has 1 aromatic heterocycles. The third-order valence-electron chi connectivity index (χ3n) is 2.24. The Kier molecular flexibility index (Phi) is 2.30. The standard InChI is InChI=1S/C11H11ClN2/c1-7-11(8(2)14-13-7)9-4-3-5-10(12)6-9/h3-6H,1-2H3,(H,13,14). The van der Waals surface area contributed by atoms with Crippen LogP contribution in [0.3, 0.4) is 0 Å². The maximum atomic E-state index is 5.94. The first-order valence-corrected chi connectivity index (χ1v) is 4.84.